The average Bonchev–Trinajstić information content (AvgIpc) is 2.89. The Morgan fingerprint density at radius 3 is 2.83 bits per heavy atom. The minimum Gasteiger partial charge on any atom is -0.459 e. The predicted molar refractivity (Wildman–Crippen MR) is 65.0 cm³/mol. The summed E-state index contributed by atoms with van der Waals surface area (Å²) in [6, 6.07) is 2.95. The first-order chi connectivity index (χ1) is 8.67. The molecule has 0 saturated carbocycles. The molecule has 3 N–H and O–H groups in total. The summed E-state index contributed by atoms with van der Waals surface area (Å²) < 4.78 is 4.91. The van der Waals surface area contributed by atoms with E-state index in [0.29, 0.717) is 6.42 Å². The fourth-order valence-electron chi connectivity index (χ4n) is 1.36. The van der Waals surface area contributed by atoms with E-state index in [2.05, 4.69) is 10.6 Å². The predicted octanol–water partition coefficient (Wildman–Crippen LogP) is 0.287. The van der Waals surface area contributed by atoms with Gasteiger partial charge in [-0.05, 0) is 18.6 Å². The van der Waals surface area contributed by atoms with Crippen molar-refractivity contribution in [2.24, 2.45) is 0 Å². The molecule has 1 atom stereocenters. The van der Waals surface area contributed by atoms with Crippen LogP contribution in [0.15, 0.2) is 22.8 Å². The number of rotatable bonds is 7. The van der Waals surface area contributed by atoms with Gasteiger partial charge in [0.15, 0.2) is 5.76 Å². The number of hydrogen-bond acceptors (Lipinski definition) is 4. The van der Waals surface area contributed by atoms with Crippen LogP contribution < -0.4 is 10.6 Å². The van der Waals surface area contributed by atoms with E-state index in [1.165, 1.54) is 6.26 Å². The lowest BCUT2D eigenvalue weighted by Gasteiger charge is -2.13. The van der Waals surface area contributed by atoms with E-state index in [4.69, 9.17) is 9.52 Å². The highest BCUT2D eigenvalue weighted by atomic mass is 16.3. The molecule has 0 aliphatic rings. The first kappa shape index (κ1) is 14.2. The Balaban J connectivity index is 2.21. The van der Waals surface area contributed by atoms with Gasteiger partial charge in [0.25, 0.3) is 5.91 Å². The molecule has 6 heteroatoms. The largest absolute Gasteiger partial charge is 0.459 e. The van der Waals surface area contributed by atoms with Gasteiger partial charge in [0.2, 0.25) is 5.91 Å². The first-order valence-electron chi connectivity index (χ1n) is 5.89. The highest BCUT2D eigenvalue weighted by molar-refractivity contribution is 5.91. The highest BCUT2D eigenvalue weighted by Crippen LogP contribution is 1.98. The molecule has 0 aliphatic heterocycles. The number of aliphatic hydroxyl groups excluding tert-OH is 1. The van der Waals surface area contributed by atoms with Gasteiger partial charge >= 0.3 is 0 Å². The zero-order chi connectivity index (χ0) is 13.4. The molecular weight excluding hydrogens is 236 g/mol. The van der Waals surface area contributed by atoms with Crippen molar-refractivity contribution < 1.29 is 19.1 Å². The van der Waals surface area contributed by atoms with E-state index in [-0.39, 0.29) is 43.2 Å². The van der Waals surface area contributed by atoms with E-state index < -0.39 is 0 Å². The molecule has 1 heterocycles. The van der Waals surface area contributed by atoms with E-state index in [1.54, 1.807) is 12.1 Å². The Kier molecular flexibility index (Phi) is 5.93. The van der Waals surface area contributed by atoms with Crippen molar-refractivity contribution >= 4 is 11.8 Å². The van der Waals surface area contributed by atoms with E-state index in [9.17, 15) is 9.59 Å². The molecule has 0 fully saturated rings. The van der Waals surface area contributed by atoms with Crippen LogP contribution in [0.4, 0.5) is 0 Å². The van der Waals surface area contributed by atoms with Gasteiger partial charge in [-0.25, -0.2) is 0 Å². The van der Waals surface area contributed by atoms with E-state index >= 15 is 0 Å². The quantitative estimate of drug-likeness (QED) is 0.652. The molecule has 0 saturated heterocycles. The minimum atomic E-state index is -0.345. The number of carbonyl (C=O) groups excluding carboxylic acids is 2. The molecule has 100 valence electrons. The number of furan rings is 1. The molecule has 2 amide bonds. The van der Waals surface area contributed by atoms with Crippen LogP contribution in [0.3, 0.4) is 0 Å². The molecule has 0 unspecified atom stereocenters. The lowest BCUT2D eigenvalue weighted by molar-refractivity contribution is -0.122. The van der Waals surface area contributed by atoms with Crippen LogP contribution in [0, 0.1) is 0 Å². The normalized spacial score (nSPS) is 11.9. The Morgan fingerprint density at radius 2 is 2.28 bits per heavy atom. The fourth-order valence-corrected chi connectivity index (χ4v) is 1.36. The third-order valence-electron chi connectivity index (χ3n) is 2.46. The standard InChI is InChI=1S/C12H18N2O4/c1-2-9(8-15)14-11(16)5-6-13-12(17)10-4-3-7-18-10/h3-4,7,9,15H,2,5-6,8H2,1H3,(H,13,17)(H,14,16)/t9-/m1/s1. The van der Waals surface area contributed by atoms with Crippen LogP contribution in [-0.2, 0) is 4.79 Å². The summed E-state index contributed by atoms with van der Waals surface area (Å²) >= 11 is 0. The van der Waals surface area contributed by atoms with Crippen molar-refractivity contribution in [3.05, 3.63) is 24.2 Å². The molecule has 0 spiro atoms. The Labute approximate surface area is 105 Å². The number of hydrogen-bond donors (Lipinski definition) is 3. The Morgan fingerprint density at radius 1 is 1.50 bits per heavy atom. The molecule has 0 bridgehead atoms. The summed E-state index contributed by atoms with van der Waals surface area (Å²) in [5, 5.41) is 14.1. The Hall–Kier alpha value is -1.82. The van der Waals surface area contributed by atoms with Crippen molar-refractivity contribution in [1.82, 2.24) is 10.6 Å². The van der Waals surface area contributed by atoms with Gasteiger partial charge in [-0.15, -0.1) is 0 Å². The van der Waals surface area contributed by atoms with Gasteiger partial charge in [0.1, 0.15) is 0 Å². The molecule has 18 heavy (non-hydrogen) atoms. The molecule has 0 aromatic carbocycles. The molecule has 1 aromatic rings. The third kappa shape index (κ3) is 4.58. The lowest BCUT2D eigenvalue weighted by Crippen LogP contribution is -2.38. The maximum absolute atomic E-state index is 11.4. The molecule has 6 nitrogen and oxygen atoms in total. The zero-order valence-corrected chi connectivity index (χ0v) is 10.3. The number of carbonyl (C=O) groups is 2. The van der Waals surface area contributed by atoms with E-state index in [0.717, 1.165) is 0 Å². The average molecular weight is 254 g/mol. The number of amides is 2. The summed E-state index contributed by atoms with van der Waals surface area (Å²) in [5.41, 5.74) is 0. The van der Waals surface area contributed by atoms with Crippen LogP contribution in [0.25, 0.3) is 0 Å². The summed E-state index contributed by atoms with van der Waals surface area (Å²) in [4.78, 5) is 22.9. The van der Waals surface area contributed by atoms with Crippen LogP contribution in [0.1, 0.15) is 30.3 Å². The van der Waals surface area contributed by atoms with Gasteiger partial charge < -0.3 is 20.2 Å². The van der Waals surface area contributed by atoms with Crippen molar-refractivity contribution in [2.45, 2.75) is 25.8 Å². The van der Waals surface area contributed by atoms with Crippen molar-refractivity contribution in [1.29, 1.82) is 0 Å². The van der Waals surface area contributed by atoms with Crippen molar-refractivity contribution in [3.8, 4) is 0 Å². The lowest BCUT2D eigenvalue weighted by atomic mass is 10.2. The number of nitrogens with one attached hydrogen (secondary N) is 2. The second-order valence-corrected chi connectivity index (χ2v) is 3.84. The van der Waals surface area contributed by atoms with Gasteiger partial charge in [-0.1, -0.05) is 6.92 Å². The Bertz CT molecular complexity index is 371. The van der Waals surface area contributed by atoms with Crippen LogP contribution in [0.5, 0.6) is 0 Å². The minimum absolute atomic E-state index is 0.0823. The second kappa shape index (κ2) is 7.50. The third-order valence-corrected chi connectivity index (χ3v) is 2.46. The molecule has 0 aliphatic carbocycles. The fraction of sp³-hybridized carbons (Fsp3) is 0.500. The smallest absolute Gasteiger partial charge is 0.286 e. The highest BCUT2D eigenvalue weighted by Gasteiger charge is 2.11. The van der Waals surface area contributed by atoms with Crippen LogP contribution in [-0.4, -0.2) is 36.1 Å². The van der Waals surface area contributed by atoms with E-state index in [1.807, 2.05) is 6.92 Å². The summed E-state index contributed by atoms with van der Waals surface area (Å²) in [6.07, 6.45) is 2.25. The van der Waals surface area contributed by atoms with Crippen LogP contribution in [0.2, 0.25) is 0 Å². The number of aliphatic hydroxyl groups is 1. The SMILES string of the molecule is CC[C@H](CO)NC(=O)CCNC(=O)c1ccco1. The summed E-state index contributed by atoms with van der Waals surface area (Å²) in [5.74, 6) is -0.324. The van der Waals surface area contributed by atoms with Crippen LogP contribution >= 0.6 is 0 Å². The van der Waals surface area contributed by atoms with Gasteiger partial charge in [0.05, 0.1) is 18.9 Å². The molecule has 1 rings (SSSR count). The zero-order valence-electron chi connectivity index (χ0n) is 10.3. The first-order valence-corrected chi connectivity index (χ1v) is 5.89. The molecular formula is C12H18N2O4. The monoisotopic (exact) mass is 254 g/mol. The van der Waals surface area contributed by atoms with Crippen molar-refractivity contribution in [3.63, 3.8) is 0 Å². The van der Waals surface area contributed by atoms with Gasteiger partial charge in [-0.2, -0.15) is 0 Å². The molecule has 0 radical (unpaired) electrons. The molecule has 1 aromatic heterocycles. The van der Waals surface area contributed by atoms with Gasteiger partial charge in [0, 0.05) is 13.0 Å². The summed E-state index contributed by atoms with van der Waals surface area (Å²) in [7, 11) is 0. The second-order valence-electron chi connectivity index (χ2n) is 3.84. The van der Waals surface area contributed by atoms with Crippen molar-refractivity contribution in [2.75, 3.05) is 13.2 Å². The topological polar surface area (TPSA) is 91.6 Å². The van der Waals surface area contributed by atoms with Gasteiger partial charge in [-0.3, -0.25) is 9.59 Å². The maximum Gasteiger partial charge on any atom is 0.286 e. The summed E-state index contributed by atoms with van der Waals surface area (Å²) in [6.45, 7) is 2.02. The maximum atomic E-state index is 11.4.